The summed E-state index contributed by atoms with van der Waals surface area (Å²) < 4.78 is 37.3. The van der Waals surface area contributed by atoms with Crippen LogP contribution in [0, 0.1) is 5.92 Å². The highest BCUT2D eigenvalue weighted by Gasteiger charge is 2.43. The van der Waals surface area contributed by atoms with Gasteiger partial charge in [0.15, 0.2) is 6.10 Å². The van der Waals surface area contributed by atoms with Crippen LogP contribution in [-0.4, -0.2) is 46.6 Å². The summed E-state index contributed by atoms with van der Waals surface area (Å²) in [6, 6.07) is -2.47. The number of aliphatic hydroxyl groups is 1. The minimum absolute atomic E-state index is 0.0696. The highest BCUT2D eigenvalue weighted by atomic mass is 19.4. The lowest BCUT2D eigenvalue weighted by Crippen LogP contribution is -2.54. The number of carboxylic acid groups (broad SMARTS) is 1. The molecule has 6 nitrogen and oxygen atoms in total. The molecule has 0 heterocycles. The molecule has 2 unspecified atom stereocenters. The monoisotopic (exact) mass is 326 g/mol. The molecule has 0 radical (unpaired) electrons. The Kier molecular flexibility index (Phi) is 6.46. The van der Waals surface area contributed by atoms with Crippen molar-refractivity contribution in [2.75, 3.05) is 0 Å². The van der Waals surface area contributed by atoms with Gasteiger partial charge in [0.2, 0.25) is 0 Å². The average molecular weight is 326 g/mol. The maximum absolute atomic E-state index is 12.4. The van der Waals surface area contributed by atoms with Crippen LogP contribution in [0.2, 0.25) is 0 Å². The number of carbonyl (C=O) groups is 2. The van der Waals surface area contributed by atoms with Crippen molar-refractivity contribution in [3.05, 3.63) is 0 Å². The molecule has 0 aliphatic heterocycles. The Labute approximate surface area is 126 Å². The number of carbonyl (C=O) groups excluding carboxylic acids is 1. The van der Waals surface area contributed by atoms with Gasteiger partial charge in [-0.2, -0.15) is 13.2 Å². The molecule has 1 saturated carbocycles. The van der Waals surface area contributed by atoms with E-state index < -0.39 is 36.2 Å². The molecule has 0 bridgehead atoms. The van der Waals surface area contributed by atoms with Crippen molar-refractivity contribution >= 4 is 12.0 Å². The lowest BCUT2D eigenvalue weighted by atomic mass is 9.86. The molecule has 1 aliphatic rings. The number of carboxylic acids is 1. The Bertz CT molecular complexity index is 395. The molecular formula is C13H21F3N2O4. The van der Waals surface area contributed by atoms with Crippen LogP contribution < -0.4 is 10.6 Å². The fourth-order valence-electron chi connectivity index (χ4n) is 2.51. The number of amides is 2. The van der Waals surface area contributed by atoms with Gasteiger partial charge in [0.1, 0.15) is 0 Å². The average Bonchev–Trinajstić information content (AvgIpc) is 2.43. The molecule has 9 heteroatoms. The van der Waals surface area contributed by atoms with Crippen molar-refractivity contribution in [1.82, 2.24) is 10.6 Å². The molecule has 128 valence electrons. The third-order valence-electron chi connectivity index (χ3n) is 3.88. The molecule has 2 atom stereocenters. The zero-order chi connectivity index (χ0) is 16.9. The standard InChI is InChI=1S/C13H21F3N2O4/c1-2-9(10(19)13(14,15)16)18-12(22)17-8-5-3-7(4-6-8)11(20)21/h7-10,19H,2-6H2,1H3,(H,20,21)(H2,17,18,22). The molecule has 22 heavy (non-hydrogen) atoms. The van der Waals surface area contributed by atoms with Crippen molar-refractivity contribution in [3.63, 3.8) is 0 Å². The Hall–Kier alpha value is -1.51. The number of urea groups is 1. The Morgan fingerprint density at radius 3 is 2.18 bits per heavy atom. The van der Waals surface area contributed by atoms with Crippen molar-refractivity contribution in [2.24, 2.45) is 5.92 Å². The number of hydrogen-bond acceptors (Lipinski definition) is 3. The topological polar surface area (TPSA) is 98.7 Å². The highest BCUT2D eigenvalue weighted by molar-refractivity contribution is 5.75. The van der Waals surface area contributed by atoms with Crippen molar-refractivity contribution in [3.8, 4) is 0 Å². The second-order valence-corrected chi connectivity index (χ2v) is 5.51. The maximum atomic E-state index is 12.4. The third kappa shape index (κ3) is 5.36. The van der Waals surface area contributed by atoms with Gasteiger partial charge in [0, 0.05) is 6.04 Å². The molecule has 1 fully saturated rings. The van der Waals surface area contributed by atoms with Crippen molar-refractivity contribution < 1.29 is 33.0 Å². The molecule has 0 aromatic rings. The maximum Gasteiger partial charge on any atom is 0.416 e. The fourth-order valence-corrected chi connectivity index (χ4v) is 2.51. The van der Waals surface area contributed by atoms with E-state index in [-0.39, 0.29) is 12.5 Å². The first-order valence-electron chi connectivity index (χ1n) is 7.19. The van der Waals surface area contributed by atoms with E-state index in [4.69, 9.17) is 10.2 Å². The second-order valence-electron chi connectivity index (χ2n) is 5.51. The van der Waals surface area contributed by atoms with Crippen LogP contribution in [0.3, 0.4) is 0 Å². The minimum Gasteiger partial charge on any atom is -0.481 e. The molecule has 0 aromatic heterocycles. The second kappa shape index (κ2) is 7.66. The molecule has 0 spiro atoms. The summed E-state index contributed by atoms with van der Waals surface area (Å²) in [6.07, 6.45) is -5.73. The van der Waals surface area contributed by atoms with Crippen LogP contribution in [-0.2, 0) is 4.79 Å². The van der Waals surface area contributed by atoms with E-state index in [1.807, 2.05) is 0 Å². The molecule has 0 saturated heterocycles. The number of hydrogen-bond donors (Lipinski definition) is 4. The summed E-state index contributed by atoms with van der Waals surface area (Å²) in [4.78, 5) is 22.5. The summed E-state index contributed by atoms with van der Waals surface area (Å²) in [7, 11) is 0. The van der Waals surface area contributed by atoms with E-state index in [1.54, 1.807) is 0 Å². The zero-order valence-corrected chi connectivity index (χ0v) is 12.2. The van der Waals surface area contributed by atoms with Gasteiger partial charge in [-0.1, -0.05) is 6.92 Å². The van der Waals surface area contributed by atoms with E-state index in [2.05, 4.69) is 10.6 Å². The number of rotatable bonds is 5. The molecule has 0 aromatic carbocycles. The van der Waals surface area contributed by atoms with Gasteiger partial charge >= 0.3 is 18.2 Å². The molecule has 1 rings (SSSR count). The quantitative estimate of drug-likeness (QED) is 0.617. The first-order valence-corrected chi connectivity index (χ1v) is 7.19. The fraction of sp³-hybridized carbons (Fsp3) is 0.846. The van der Waals surface area contributed by atoms with E-state index in [1.165, 1.54) is 6.92 Å². The smallest absolute Gasteiger partial charge is 0.416 e. The number of halogens is 3. The lowest BCUT2D eigenvalue weighted by Gasteiger charge is -2.29. The molecule has 1 aliphatic carbocycles. The van der Waals surface area contributed by atoms with Gasteiger partial charge in [-0.3, -0.25) is 4.79 Å². The van der Waals surface area contributed by atoms with Crippen molar-refractivity contribution in [1.29, 1.82) is 0 Å². The number of nitrogens with one attached hydrogen (secondary N) is 2. The zero-order valence-electron chi connectivity index (χ0n) is 12.2. The lowest BCUT2D eigenvalue weighted by molar-refractivity contribution is -0.211. The van der Waals surface area contributed by atoms with Crippen LogP contribution in [0.4, 0.5) is 18.0 Å². The van der Waals surface area contributed by atoms with Gasteiger partial charge < -0.3 is 20.8 Å². The van der Waals surface area contributed by atoms with E-state index in [0.717, 1.165) is 0 Å². The highest BCUT2D eigenvalue weighted by Crippen LogP contribution is 2.25. The van der Waals surface area contributed by atoms with Gasteiger partial charge in [0.05, 0.1) is 12.0 Å². The van der Waals surface area contributed by atoms with Crippen LogP contribution in [0.5, 0.6) is 0 Å². The summed E-state index contributed by atoms with van der Waals surface area (Å²) in [5.74, 6) is -1.31. The van der Waals surface area contributed by atoms with Crippen molar-refractivity contribution in [2.45, 2.75) is 63.4 Å². The summed E-state index contributed by atoms with van der Waals surface area (Å²) in [6.45, 7) is 1.43. The Morgan fingerprint density at radius 1 is 1.23 bits per heavy atom. The van der Waals surface area contributed by atoms with Crippen LogP contribution >= 0.6 is 0 Å². The van der Waals surface area contributed by atoms with E-state index >= 15 is 0 Å². The van der Waals surface area contributed by atoms with Crippen LogP contribution in [0.15, 0.2) is 0 Å². The summed E-state index contributed by atoms with van der Waals surface area (Å²) in [5.41, 5.74) is 0. The van der Waals surface area contributed by atoms with Gasteiger partial charge in [-0.25, -0.2) is 4.79 Å². The normalized spacial score (nSPS) is 25.1. The van der Waals surface area contributed by atoms with Crippen LogP contribution in [0.1, 0.15) is 39.0 Å². The SMILES string of the molecule is CCC(NC(=O)NC1CCC(C(=O)O)CC1)C(O)C(F)(F)F. The first kappa shape index (κ1) is 18.5. The number of aliphatic carboxylic acids is 1. The first-order chi connectivity index (χ1) is 10.1. The Balaban J connectivity index is 2.44. The van der Waals surface area contributed by atoms with Gasteiger partial charge in [0.25, 0.3) is 0 Å². The van der Waals surface area contributed by atoms with E-state index in [9.17, 15) is 22.8 Å². The van der Waals surface area contributed by atoms with E-state index in [0.29, 0.717) is 25.7 Å². The predicted molar refractivity (Wildman–Crippen MR) is 71.2 cm³/mol. The third-order valence-corrected chi connectivity index (χ3v) is 3.88. The summed E-state index contributed by atoms with van der Waals surface area (Å²) in [5, 5.41) is 22.7. The Morgan fingerprint density at radius 2 is 1.77 bits per heavy atom. The van der Waals surface area contributed by atoms with Gasteiger partial charge in [-0.05, 0) is 32.1 Å². The largest absolute Gasteiger partial charge is 0.481 e. The number of aliphatic hydroxyl groups excluding tert-OH is 1. The number of alkyl halides is 3. The minimum atomic E-state index is -4.80. The summed E-state index contributed by atoms with van der Waals surface area (Å²) >= 11 is 0. The molecular weight excluding hydrogens is 305 g/mol. The predicted octanol–water partition coefficient (Wildman–Crippen LogP) is 1.63. The van der Waals surface area contributed by atoms with Gasteiger partial charge in [-0.15, -0.1) is 0 Å². The molecule has 4 N–H and O–H groups in total. The van der Waals surface area contributed by atoms with Crippen LogP contribution in [0.25, 0.3) is 0 Å². The molecule has 2 amide bonds.